The number of aromatic amines is 1. The van der Waals surface area contributed by atoms with Crippen molar-refractivity contribution in [2.45, 2.75) is 19.3 Å². The van der Waals surface area contributed by atoms with E-state index in [1.165, 1.54) is 0 Å². The molecule has 0 bridgehead atoms. The van der Waals surface area contributed by atoms with Gasteiger partial charge in [-0.05, 0) is 36.3 Å². The maximum absolute atomic E-state index is 12.9. The van der Waals surface area contributed by atoms with Crippen molar-refractivity contribution in [2.75, 3.05) is 13.1 Å². The Morgan fingerprint density at radius 1 is 1.37 bits per heavy atom. The van der Waals surface area contributed by atoms with Gasteiger partial charge in [-0.3, -0.25) is 14.9 Å². The first kappa shape index (κ1) is 18.6. The van der Waals surface area contributed by atoms with Crippen molar-refractivity contribution in [1.82, 2.24) is 35.2 Å². The van der Waals surface area contributed by atoms with Crippen LogP contribution in [0.2, 0.25) is 0 Å². The first-order valence-electron chi connectivity index (χ1n) is 9.74. The molecule has 5 rings (SSSR count). The summed E-state index contributed by atoms with van der Waals surface area (Å²) in [6.45, 7) is 1.37. The molecule has 4 aromatic heterocycles. The van der Waals surface area contributed by atoms with Crippen molar-refractivity contribution in [1.29, 1.82) is 0 Å². The topological polar surface area (TPSA) is 114 Å². The van der Waals surface area contributed by atoms with Gasteiger partial charge in [0.05, 0.1) is 16.8 Å². The Morgan fingerprint density at radius 3 is 3.17 bits per heavy atom. The van der Waals surface area contributed by atoms with Crippen LogP contribution in [-0.4, -0.2) is 54.2 Å². The molecule has 0 aromatic carbocycles. The summed E-state index contributed by atoms with van der Waals surface area (Å²) >= 11 is 1.61. The number of carbonyl (C=O) groups is 1. The molecule has 0 spiro atoms. The highest BCUT2D eigenvalue weighted by molar-refractivity contribution is 7.13. The first-order valence-corrected chi connectivity index (χ1v) is 10.6. The third-order valence-electron chi connectivity index (χ3n) is 5.11. The van der Waals surface area contributed by atoms with Gasteiger partial charge in [0.15, 0.2) is 5.69 Å². The first-order chi connectivity index (χ1) is 14.8. The SMILES string of the molecule is O=C(c1cc(-c2cccs2)[nH]n1)N1CCCC(Cc2nc(-c3cnccn3)no2)C1. The molecule has 0 saturated carbocycles. The van der Waals surface area contributed by atoms with Crippen LogP contribution in [0, 0.1) is 5.92 Å². The monoisotopic (exact) mass is 421 g/mol. The predicted octanol–water partition coefficient (Wildman–Crippen LogP) is 3.07. The molecule has 30 heavy (non-hydrogen) atoms. The van der Waals surface area contributed by atoms with Crippen LogP contribution in [0.4, 0.5) is 0 Å². The predicted molar refractivity (Wildman–Crippen MR) is 110 cm³/mol. The van der Waals surface area contributed by atoms with Gasteiger partial charge in [-0.15, -0.1) is 11.3 Å². The van der Waals surface area contributed by atoms with Gasteiger partial charge in [0.1, 0.15) is 5.69 Å². The molecular formula is C20H19N7O2S. The van der Waals surface area contributed by atoms with Crippen LogP contribution < -0.4 is 0 Å². The maximum atomic E-state index is 12.9. The summed E-state index contributed by atoms with van der Waals surface area (Å²) in [5, 5.41) is 13.2. The fourth-order valence-electron chi connectivity index (χ4n) is 3.67. The summed E-state index contributed by atoms with van der Waals surface area (Å²) < 4.78 is 5.40. The highest BCUT2D eigenvalue weighted by atomic mass is 32.1. The highest BCUT2D eigenvalue weighted by Gasteiger charge is 2.27. The second kappa shape index (κ2) is 8.15. The summed E-state index contributed by atoms with van der Waals surface area (Å²) in [6, 6.07) is 5.80. The highest BCUT2D eigenvalue weighted by Crippen LogP contribution is 2.25. The molecule has 1 atom stereocenters. The molecule has 10 heteroatoms. The van der Waals surface area contributed by atoms with Crippen molar-refractivity contribution in [2.24, 2.45) is 5.92 Å². The average molecular weight is 421 g/mol. The van der Waals surface area contributed by atoms with Gasteiger partial charge in [-0.1, -0.05) is 11.2 Å². The number of thiophene rings is 1. The molecule has 1 aliphatic heterocycles. The molecule has 4 aromatic rings. The van der Waals surface area contributed by atoms with E-state index in [-0.39, 0.29) is 11.8 Å². The minimum atomic E-state index is -0.0514. The number of amides is 1. The second-order valence-corrected chi connectivity index (χ2v) is 8.16. The Bertz CT molecular complexity index is 1120. The number of hydrogen-bond acceptors (Lipinski definition) is 8. The molecule has 1 N–H and O–H groups in total. The lowest BCUT2D eigenvalue weighted by Crippen LogP contribution is -2.40. The number of carbonyl (C=O) groups excluding carboxylic acids is 1. The molecule has 9 nitrogen and oxygen atoms in total. The molecular weight excluding hydrogens is 402 g/mol. The minimum absolute atomic E-state index is 0.0514. The van der Waals surface area contributed by atoms with Gasteiger partial charge in [-0.25, -0.2) is 4.98 Å². The van der Waals surface area contributed by atoms with Crippen LogP contribution in [-0.2, 0) is 6.42 Å². The van der Waals surface area contributed by atoms with E-state index in [1.54, 1.807) is 29.9 Å². The Balaban J connectivity index is 1.24. The van der Waals surface area contributed by atoms with E-state index >= 15 is 0 Å². The molecule has 1 unspecified atom stereocenters. The number of piperidine rings is 1. The standard InChI is InChI=1S/C20H19N7O2S/c28-20(15-10-14(24-25-15)17-4-2-8-30-17)27-7-1-3-13(12-27)9-18-23-19(26-29-18)16-11-21-5-6-22-16/h2,4-6,8,10-11,13H,1,3,7,9,12H2,(H,24,25). The molecule has 1 aliphatic rings. The quantitative estimate of drug-likeness (QED) is 0.527. The number of nitrogens with one attached hydrogen (secondary N) is 1. The Hall–Kier alpha value is -3.40. The summed E-state index contributed by atoms with van der Waals surface area (Å²) in [7, 11) is 0. The van der Waals surface area contributed by atoms with Crippen LogP contribution in [0.15, 0.2) is 46.7 Å². The summed E-state index contributed by atoms with van der Waals surface area (Å²) in [6.07, 6.45) is 7.36. The maximum Gasteiger partial charge on any atom is 0.274 e. The van der Waals surface area contributed by atoms with Crippen molar-refractivity contribution in [3.63, 3.8) is 0 Å². The van der Waals surface area contributed by atoms with Gasteiger partial charge in [0, 0.05) is 31.9 Å². The zero-order chi connectivity index (χ0) is 20.3. The van der Waals surface area contributed by atoms with Gasteiger partial charge < -0.3 is 9.42 Å². The van der Waals surface area contributed by atoms with E-state index in [9.17, 15) is 4.79 Å². The second-order valence-electron chi connectivity index (χ2n) is 7.21. The number of H-pyrrole nitrogens is 1. The zero-order valence-corrected chi connectivity index (χ0v) is 16.9. The molecule has 1 saturated heterocycles. The van der Waals surface area contributed by atoms with Gasteiger partial charge in [-0.2, -0.15) is 10.1 Å². The van der Waals surface area contributed by atoms with Crippen LogP contribution in [0.1, 0.15) is 29.2 Å². The summed E-state index contributed by atoms with van der Waals surface area (Å²) in [5.74, 6) is 1.19. The van der Waals surface area contributed by atoms with E-state index in [4.69, 9.17) is 4.52 Å². The molecule has 5 heterocycles. The van der Waals surface area contributed by atoms with Crippen molar-refractivity contribution < 1.29 is 9.32 Å². The van der Waals surface area contributed by atoms with E-state index in [0.29, 0.717) is 36.1 Å². The fourth-order valence-corrected chi connectivity index (χ4v) is 4.36. The number of likely N-dealkylation sites (tertiary alicyclic amines) is 1. The smallest absolute Gasteiger partial charge is 0.274 e. The van der Waals surface area contributed by atoms with Crippen molar-refractivity contribution in [3.05, 3.63) is 53.8 Å². The van der Waals surface area contributed by atoms with Crippen LogP contribution >= 0.6 is 11.3 Å². The molecule has 0 aliphatic carbocycles. The Morgan fingerprint density at radius 2 is 2.33 bits per heavy atom. The average Bonchev–Trinajstić information content (AvgIpc) is 3.55. The molecule has 152 valence electrons. The van der Waals surface area contributed by atoms with E-state index < -0.39 is 0 Å². The van der Waals surface area contributed by atoms with Crippen LogP contribution in [0.25, 0.3) is 22.1 Å². The number of aromatic nitrogens is 6. The molecule has 1 amide bonds. The van der Waals surface area contributed by atoms with E-state index in [1.807, 2.05) is 28.5 Å². The largest absolute Gasteiger partial charge is 0.339 e. The summed E-state index contributed by atoms with van der Waals surface area (Å²) in [5.41, 5.74) is 1.89. The third-order valence-corrected chi connectivity index (χ3v) is 6.02. The van der Waals surface area contributed by atoms with E-state index in [0.717, 1.165) is 30.0 Å². The van der Waals surface area contributed by atoms with Crippen molar-refractivity contribution in [3.8, 4) is 22.1 Å². The Labute approximate surface area is 176 Å². The lowest BCUT2D eigenvalue weighted by Gasteiger charge is -2.31. The normalized spacial score (nSPS) is 16.7. The molecule has 1 fully saturated rings. The van der Waals surface area contributed by atoms with Gasteiger partial charge >= 0.3 is 0 Å². The number of hydrogen-bond donors (Lipinski definition) is 1. The van der Waals surface area contributed by atoms with Gasteiger partial charge in [0.25, 0.3) is 5.91 Å². The Kier molecular flexibility index (Phi) is 5.06. The van der Waals surface area contributed by atoms with Crippen LogP contribution in [0.5, 0.6) is 0 Å². The van der Waals surface area contributed by atoms with Crippen molar-refractivity contribution >= 4 is 17.2 Å². The zero-order valence-electron chi connectivity index (χ0n) is 16.1. The molecule has 0 radical (unpaired) electrons. The lowest BCUT2D eigenvalue weighted by atomic mass is 9.94. The number of nitrogens with zero attached hydrogens (tertiary/aromatic N) is 6. The summed E-state index contributed by atoms with van der Waals surface area (Å²) in [4.78, 5) is 28.5. The van der Waals surface area contributed by atoms with E-state index in [2.05, 4.69) is 30.3 Å². The lowest BCUT2D eigenvalue weighted by molar-refractivity contribution is 0.0662. The third kappa shape index (κ3) is 3.86. The fraction of sp³-hybridized carbons (Fsp3) is 0.300. The van der Waals surface area contributed by atoms with Gasteiger partial charge in [0.2, 0.25) is 11.7 Å². The number of rotatable bonds is 5. The van der Waals surface area contributed by atoms with Crippen LogP contribution in [0.3, 0.4) is 0 Å². The minimum Gasteiger partial charge on any atom is -0.339 e.